The van der Waals surface area contributed by atoms with E-state index in [2.05, 4.69) is 20.9 Å². The van der Waals surface area contributed by atoms with Gasteiger partial charge in [0.25, 0.3) is 5.56 Å². The van der Waals surface area contributed by atoms with Crippen LogP contribution in [0.2, 0.25) is 5.02 Å². The summed E-state index contributed by atoms with van der Waals surface area (Å²) in [6.07, 6.45) is 1.44. The number of benzene rings is 2. The molecule has 0 saturated carbocycles. The maximum Gasteiger partial charge on any atom is 0.261 e. The maximum atomic E-state index is 13.3. The van der Waals surface area contributed by atoms with Crippen LogP contribution in [0.5, 0.6) is 0 Å². The van der Waals surface area contributed by atoms with Crippen molar-refractivity contribution in [2.75, 3.05) is 0 Å². The molecule has 106 valence electrons. The molecule has 6 heteroatoms. The SMILES string of the molecule is O=c1c2ccc(Br)cc2ncn1Cc1cc(F)ccc1Cl. The number of hydrogen-bond acceptors (Lipinski definition) is 2. The van der Waals surface area contributed by atoms with Gasteiger partial charge in [0.2, 0.25) is 0 Å². The zero-order chi connectivity index (χ0) is 15.0. The normalized spacial score (nSPS) is 11.0. The van der Waals surface area contributed by atoms with E-state index in [9.17, 15) is 9.18 Å². The predicted molar refractivity (Wildman–Crippen MR) is 84.2 cm³/mol. The largest absolute Gasteiger partial charge is 0.294 e. The first-order chi connectivity index (χ1) is 10.0. The molecule has 1 heterocycles. The van der Waals surface area contributed by atoms with E-state index in [0.29, 0.717) is 21.5 Å². The van der Waals surface area contributed by atoms with Crippen molar-refractivity contribution in [2.24, 2.45) is 0 Å². The summed E-state index contributed by atoms with van der Waals surface area (Å²) in [5, 5.41) is 0.924. The summed E-state index contributed by atoms with van der Waals surface area (Å²) >= 11 is 9.37. The molecule has 3 nitrogen and oxygen atoms in total. The fraction of sp³-hybridized carbons (Fsp3) is 0.0667. The zero-order valence-corrected chi connectivity index (χ0v) is 13.0. The van der Waals surface area contributed by atoms with Crippen molar-refractivity contribution >= 4 is 38.4 Å². The minimum absolute atomic E-state index is 0.175. The van der Waals surface area contributed by atoms with E-state index in [0.717, 1.165) is 4.47 Å². The molecule has 3 aromatic rings. The van der Waals surface area contributed by atoms with Crippen LogP contribution in [0.1, 0.15) is 5.56 Å². The van der Waals surface area contributed by atoms with Gasteiger partial charge in [-0.05, 0) is 42.0 Å². The summed E-state index contributed by atoms with van der Waals surface area (Å²) in [7, 11) is 0. The van der Waals surface area contributed by atoms with Crippen LogP contribution in [0, 0.1) is 5.82 Å². The highest BCUT2D eigenvalue weighted by atomic mass is 79.9. The molecule has 0 saturated heterocycles. The molecular weight excluding hydrogens is 359 g/mol. The molecule has 3 rings (SSSR count). The van der Waals surface area contributed by atoms with Crippen LogP contribution in [0.3, 0.4) is 0 Å². The average molecular weight is 368 g/mol. The van der Waals surface area contributed by atoms with Crippen LogP contribution < -0.4 is 5.56 Å². The topological polar surface area (TPSA) is 34.9 Å². The maximum absolute atomic E-state index is 13.3. The quantitative estimate of drug-likeness (QED) is 0.686. The zero-order valence-electron chi connectivity index (χ0n) is 10.7. The van der Waals surface area contributed by atoms with Gasteiger partial charge in [0, 0.05) is 9.50 Å². The number of nitrogens with zero attached hydrogens (tertiary/aromatic N) is 2. The van der Waals surface area contributed by atoms with Crippen molar-refractivity contribution in [1.29, 1.82) is 0 Å². The van der Waals surface area contributed by atoms with Gasteiger partial charge in [-0.25, -0.2) is 9.37 Å². The molecule has 0 N–H and O–H groups in total. The minimum Gasteiger partial charge on any atom is -0.294 e. The Hall–Kier alpha value is -1.72. The van der Waals surface area contributed by atoms with Crippen molar-refractivity contribution in [3.05, 3.63) is 74.0 Å². The first-order valence-electron chi connectivity index (χ1n) is 6.13. The molecule has 0 aliphatic heterocycles. The van der Waals surface area contributed by atoms with Gasteiger partial charge in [-0.15, -0.1) is 0 Å². The molecule has 0 bridgehead atoms. The fourth-order valence-electron chi connectivity index (χ4n) is 2.09. The van der Waals surface area contributed by atoms with Crippen LogP contribution in [0.4, 0.5) is 4.39 Å². The monoisotopic (exact) mass is 366 g/mol. The second-order valence-corrected chi connectivity index (χ2v) is 5.90. The minimum atomic E-state index is -0.389. The Morgan fingerprint density at radius 1 is 1.24 bits per heavy atom. The molecule has 0 unspecified atom stereocenters. The lowest BCUT2D eigenvalue weighted by atomic mass is 10.2. The number of hydrogen-bond donors (Lipinski definition) is 0. The Kier molecular flexibility index (Phi) is 3.78. The summed E-state index contributed by atoms with van der Waals surface area (Å²) in [6, 6.07) is 9.34. The van der Waals surface area contributed by atoms with Gasteiger partial charge in [0.1, 0.15) is 5.82 Å². The molecule has 0 amide bonds. The smallest absolute Gasteiger partial charge is 0.261 e. The Balaban J connectivity index is 2.09. The first-order valence-corrected chi connectivity index (χ1v) is 7.30. The predicted octanol–water partition coefficient (Wildman–Crippen LogP) is 4.00. The van der Waals surface area contributed by atoms with Crippen LogP contribution >= 0.6 is 27.5 Å². The van der Waals surface area contributed by atoms with E-state index in [1.165, 1.54) is 29.1 Å². The first kappa shape index (κ1) is 14.2. The highest BCUT2D eigenvalue weighted by Gasteiger charge is 2.08. The van der Waals surface area contributed by atoms with Gasteiger partial charge >= 0.3 is 0 Å². The molecule has 0 atom stereocenters. The van der Waals surface area contributed by atoms with Crippen molar-refractivity contribution in [3.63, 3.8) is 0 Å². The molecule has 0 aliphatic carbocycles. The van der Waals surface area contributed by atoms with E-state index in [4.69, 9.17) is 11.6 Å². The van der Waals surface area contributed by atoms with Crippen molar-refractivity contribution < 1.29 is 4.39 Å². The Morgan fingerprint density at radius 3 is 2.86 bits per heavy atom. The molecule has 0 fully saturated rings. The Bertz CT molecular complexity index is 894. The van der Waals surface area contributed by atoms with E-state index < -0.39 is 0 Å². The molecular formula is C15H9BrClFN2O. The lowest BCUT2D eigenvalue weighted by Crippen LogP contribution is -2.21. The second kappa shape index (κ2) is 5.58. The Labute approximate surface area is 133 Å². The standard InChI is InChI=1S/C15H9BrClFN2O/c16-10-1-3-12-14(6-10)19-8-20(15(12)21)7-9-5-11(18)2-4-13(9)17/h1-6,8H,7H2. The van der Waals surface area contributed by atoms with Crippen molar-refractivity contribution in [1.82, 2.24) is 9.55 Å². The summed E-state index contributed by atoms with van der Waals surface area (Å²) in [4.78, 5) is 16.7. The summed E-state index contributed by atoms with van der Waals surface area (Å²) in [5.41, 5.74) is 0.959. The average Bonchev–Trinajstić information content (AvgIpc) is 2.45. The van der Waals surface area contributed by atoms with E-state index in [-0.39, 0.29) is 17.9 Å². The molecule has 0 aliphatic rings. The van der Waals surface area contributed by atoms with E-state index >= 15 is 0 Å². The van der Waals surface area contributed by atoms with Gasteiger partial charge in [0.05, 0.1) is 23.8 Å². The van der Waals surface area contributed by atoms with E-state index in [1.54, 1.807) is 18.2 Å². The van der Waals surface area contributed by atoms with Gasteiger partial charge in [-0.2, -0.15) is 0 Å². The number of halogens is 3. The van der Waals surface area contributed by atoms with Crippen LogP contribution in [0.25, 0.3) is 10.9 Å². The number of aromatic nitrogens is 2. The fourth-order valence-corrected chi connectivity index (χ4v) is 2.62. The molecule has 21 heavy (non-hydrogen) atoms. The number of rotatable bonds is 2. The summed E-state index contributed by atoms with van der Waals surface area (Å²) in [6.45, 7) is 0.175. The molecule has 0 spiro atoms. The highest BCUT2D eigenvalue weighted by Crippen LogP contribution is 2.19. The molecule has 2 aromatic carbocycles. The van der Waals surface area contributed by atoms with E-state index in [1.807, 2.05) is 0 Å². The number of fused-ring (bicyclic) bond motifs is 1. The van der Waals surface area contributed by atoms with Crippen LogP contribution in [-0.2, 0) is 6.54 Å². The summed E-state index contributed by atoms with van der Waals surface area (Å²) < 4.78 is 15.5. The third-order valence-electron chi connectivity index (χ3n) is 3.14. The lowest BCUT2D eigenvalue weighted by Gasteiger charge is -2.08. The lowest BCUT2D eigenvalue weighted by molar-refractivity contribution is 0.622. The van der Waals surface area contributed by atoms with Crippen LogP contribution in [-0.4, -0.2) is 9.55 Å². The van der Waals surface area contributed by atoms with Gasteiger partial charge in [-0.3, -0.25) is 9.36 Å². The highest BCUT2D eigenvalue weighted by molar-refractivity contribution is 9.10. The second-order valence-electron chi connectivity index (χ2n) is 4.57. The molecule has 1 aromatic heterocycles. The third kappa shape index (κ3) is 2.84. The van der Waals surface area contributed by atoms with Crippen molar-refractivity contribution in [3.8, 4) is 0 Å². The Morgan fingerprint density at radius 2 is 2.05 bits per heavy atom. The van der Waals surface area contributed by atoms with Crippen molar-refractivity contribution in [2.45, 2.75) is 6.54 Å². The summed E-state index contributed by atoms with van der Waals surface area (Å²) in [5.74, 6) is -0.389. The van der Waals surface area contributed by atoms with Gasteiger partial charge < -0.3 is 0 Å². The van der Waals surface area contributed by atoms with Crippen LogP contribution in [0.15, 0.2) is 52.0 Å². The van der Waals surface area contributed by atoms with Gasteiger partial charge in [0.15, 0.2) is 0 Å². The third-order valence-corrected chi connectivity index (χ3v) is 4.00. The van der Waals surface area contributed by atoms with Gasteiger partial charge in [-0.1, -0.05) is 27.5 Å². The molecule has 0 radical (unpaired) electrons.